The predicted octanol–water partition coefficient (Wildman–Crippen LogP) is 5.33. The molecule has 0 spiro atoms. The quantitative estimate of drug-likeness (QED) is 0.450. The summed E-state index contributed by atoms with van der Waals surface area (Å²) in [5.74, 6) is 2.71. The maximum absolute atomic E-state index is 12.4. The van der Waals surface area contributed by atoms with Crippen LogP contribution in [0, 0.1) is 0 Å². The fraction of sp³-hybridized carbons (Fsp3) is 0.0435. The number of rotatable bonds is 7. The number of para-hydroxylation sites is 1. The number of aromatic nitrogens is 1. The Balaban J connectivity index is 1.32. The Morgan fingerprint density at radius 2 is 1.69 bits per heavy atom. The summed E-state index contributed by atoms with van der Waals surface area (Å²) in [6.07, 6.45) is 3.16. The van der Waals surface area contributed by atoms with Crippen LogP contribution in [0.1, 0.15) is 16.1 Å². The van der Waals surface area contributed by atoms with Crippen LogP contribution in [-0.2, 0) is 6.54 Å². The number of carbonyl (C=O) groups is 1. The Labute approximate surface area is 168 Å². The Morgan fingerprint density at radius 1 is 0.897 bits per heavy atom. The van der Waals surface area contributed by atoms with Crippen molar-refractivity contribution in [1.82, 2.24) is 4.98 Å². The molecule has 0 aliphatic heterocycles. The van der Waals surface area contributed by atoms with Crippen LogP contribution < -0.4 is 15.4 Å². The summed E-state index contributed by atoms with van der Waals surface area (Å²) in [6, 6.07) is 23.9. The number of furan rings is 1. The van der Waals surface area contributed by atoms with Crippen LogP contribution in [0.15, 0.2) is 95.7 Å². The maximum Gasteiger partial charge on any atom is 0.257 e. The normalized spacial score (nSPS) is 10.3. The Hall–Kier alpha value is -4.06. The Morgan fingerprint density at radius 3 is 2.38 bits per heavy atom. The fourth-order valence-electron chi connectivity index (χ4n) is 2.66. The van der Waals surface area contributed by atoms with E-state index >= 15 is 0 Å². The minimum Gasteiger partial charge on any atom is -0.467 e. The second kappa shape index (κ2) is 8.75. The Kier molecular flexibility index (Phi) is 5.53. The number of hydrogen-bond acceptors (Lipinski definition) is 5. The zero-order valence-corrected chi connectivity index (χ0v) is 15.5. The highest BCUT2D eigenvalue weighted by Gasteiger charge is 2.07. The van der Waals surface area contributed by atoms with Gasteiger partial charge in [-0.3, -0.25) is 4.79 Å². The van der Waals surface area contributed by atoms with Crippen molar-refractivity contribution in [3.8, 4) is 11.5 Å². The molecule has 6 heteroatoms. The molecule has 2 heterocycles. The van der Waals surface area contributed by atoms with Crippen molar-refractivity contribution in [2.24, 2.45) is 0 Å². The van der Waals surface area contributed by atoms with Gasteiger partial charge in [0.05, 0.1) is 18.4 Å². The fourth-order valence-corrected chi connectivity index (χ4v) is 2.66. The smallest absolute Gasteiger partial charge is 0.257 e. The molecule has 0 bridgehead atoms. The summed E-state index contributed by atoms with van der Waals surface area (Å²) < 4.78 is 11.0. The third kappa shape index (κ3) is 5.01. The largest absolute Gasteiger partial charge is 0.467 e. The van der Waals surface area contributed by atoms with Gasteiger partial charge in [-0.05, 0) is 60.7 Å². The minimum absolute atomic E-state index is 0.230. The summed E-state index contributed by atoms with van der Waals surface area (Å²) in [6.45, 7) is 0.531. The topological polar surface area (TPSA) is 76.4 Å². The monoisotopic (exact) mass is 385 g/mol. The molecule has 0 fully saturated rings. The first-order valence-electron chi connectivity index (χ1n) is 9.13. The summed E-state index contributed by atoms with van der Waals surface area (Å²) >= 11 is 0. The molecule has 0 unspecified atom stereocenters. The summed E-state index contributed by atoms with van der Waals surface area (Å²) in [4.78, 5) is 16.7. The molecule has 0 atom stereocenters. The van der Waals surface area contributed by atoms with Crippen molar-refractivity contribution in [2.45, 2.75) is 6.54 Å². The number of amides is 1. The van der Waals surface area contributed by atoms with Crippen LogP contribution in [0.3, 0.4) is 0 Å². The third-order valence-electron chi connectivity index (χ3n) is 4.14. The lowest BCUT2D eigenvalue weighted by molar-refractivity contribution is 0.102. The zero-order chi connectivity index (χ0) is 19.9. The highest BCUT2D eigenvalue weighted by atomic mass is 16.5. The van der Waals surface area contributed by atoms with Crippen molar-refractivity contribution in [2.75, 3.05) is 10.6 Å². The average Bonchev–Trinajstić information content (AvgIpc) is 3.28. The van der Waals surface area contributed by atoms with Gasteiger partial charge in [0.2, 0.25) is 0 Å². The number of ether oxygens (including phenoxy) is 1. The number of nitrogens with one attached hydrogen (secondary N) is 2. The first-order chi connectivity index (χ1) is 14.3. The summed E-state index contributed by atoms with van der Waals surface area (Å²) in [5.41, 5.74) is 1.15. The van der Waals surface area contributed by atoms with Gasteiger partial charge in [-0.2, -0.15) is 0 Å². The van der Waals surface area contributed by atoms with Crippen LogP contribution in [-0.4, -0.2) is 10.9 Å². The molecule has 4 aromatic rings. The maximum atomic E-state index is 12.4. The molecule has 4 rings (SSSR count). The first-order valence-corrected chi connectivity index (χ1v) is 9.13. The third-order valence-corrected chi connectivity index (χ3v) is 4.14. The van der Waals surface area contributed by atoms with Gasteiger partial charge in [0.1, 0.15) is 23.1 Å². The van der Waals surface area contributed by atoms with Gasteiger partial charge in [-0.15, -0.1) is 0 Å². The van der Waals surface area contributed by atoms with Gasteiger partial charge in [-0.25, -0.2) is 4.98 Å². The van der Waals surface area contributed by atoms with Crippen molar-refractivity contribution in [1.29, 1.82) is 0 Å². The lowest BCUT2D eigenvalue weighted by atomic mass is 10.2. The minimum atomic E-state index is -0.230. The second-order valence-electron chi connectivity index (χ2n) is 6.26. The van der Waals surface area contributed by atoms with E-state index in [1.54, 1.807) is 30.5 Å². The van der Waals surface area contributed by atoms with Crippen LogP contribution in [0.25, 0.3) is 0 Å². The van der Waals surface area contributed by atoms with E-state index in [1.165, 1.54) is 6.20 Å². The highest BCUT2D eigenvalue weighted by molar-refractivity contribution is 6.04. The molecule has 6 nitrogen and oxygen atoms in total. The van der Waals surface area contributed by atoms with Gasteiger partial charge in [0.25, 0.3) is 5.91 Å². The number of pyridine rings is 1. The van der Waals surface area contributed by atoms with Crippen molar-refractivity contribution in [3.05, 3.63) is 103 Å². The van der Waals surface area contributed by atoms with Gasteiger partial charge in [-0.1, -0.05) is 18.2 Å². The van der Waals surface area contributed by atoms with E-state index in [4.69, 9.17) is 9.15 Å². The lowest BCUT2D eigenvalue weighted by Crippen LogP contribution is -2.12. The average molecular weight is 385 g/mol. The van der Waals surface area contributed by atoms with Crippen LogP contribution in [0.2, 0.25) is 0 Å². The van der Waals surface area contributed by atoms with Gasteiger partial charge in [0.15, 0.2) is 0 Å². The lowest BCUT2D eigenvalue weighted by Gasteiger charge is -2.09. The zero-order valence-electron chi connectivity index (χ0n) is 15.5. The van der Waals surface area contributed by atoms with Crippen LogP contribution >= 0.6 is 0 Å². The molecule has 0 saturated heterocycles. The standard InChI is InChI=1S/C23H19N3O3/c27-23(17-8-13-22(24-15-17)25-16-21-7-4-14-28-21)26-18-9-11-20(12-10-18)29-19-5-2-1-3-6-19/h1-15H,16H2,(H,24,25)(H,26,27). The molecule has 144 valence electrons. The van der Waals surface area contributed by atoms with Crippen molar-refractivity contribution in [3.63, 3.8) is 0 Å². The van der Waals surface area contributed by atoms with E-state index in [0.29, 0.717) is 29.4 Å². The SMILES string of the molecule is O=C(Nc1ccc(Oc2ccccc2)cc1)c1ccc(NCc2ccco2)nc1. The molecule has 29 heavy (non-hydrogen) atoms. The molecule has 2 aromatic carbocycles. The molecule has 1 amide bonds. The summed E-state index contributed by atoms with van der Waals surface area (Å²) in [5, 5.41) is 5.99. The molecule has 2 aromatic heterocycles. The van der Waals surface area contributed by atoms with E-state index in [-0.39, 0.29) is 5.91 Å². The molecule has 0 aliphatic rings. The molecule has 2 N–H and O–H groups in total. The number of benzene rings is 2. The van der Waals surface area contributed by atoms with Crippen molar-refractivity contribution >= 4 is 17.4 Å². The predicted molar refractivity (Wildman–Crippen MR) is 111 cm³/mol. The molecule has 0 aliphatic carbocycles. The van der Waals surface area contributed by atoms with Crippen LogP contribution in [0.4, 0.5) is 11.5 Å². The van der Waals surface area contributed by atoms with E-state index in [1.807, 2.05) is 54.6 Å². The van der Waals surface area contributed by atoms with E-state index in [2.05, 4.69) is 15.6 Å². The molecular formula is C23H19N3O3. The van der Waals surface area contributed by atoms with Gasteiger partial charge >= 0.3 is 0 Å². The molecule has 0 radical (unpaired) electrons. The number of carbonyl (C=O) groups excluding carboxylic acids is 1. The summed E-state index contributed by atoms with van der Waals surface area (Å²) in [7, 11) is 0. The highest BCUT2D eigenvalue weighted by Crippen LogP contribution is 2.23. The van der Waals surface area contributed by atoms with Gasteiger partial charge < -0.3 is 19.8 Å². The first kappa shape index (κ1) is 18.3. The van der Waals surface area contributed by atoms with Gasteiger partial charge in [0, 0.05) is 11.9 Å². The number of hydrogen-bond donors (Lipinski definition) is 2. The van der Waals surface area contributed by atoms with E-state index < -0.39 is 0 Å². The van der Waals surface area contributed by atoms with E-state index in [9.17, 15) is 4.79 Å². The Bertz CT molecular complexity index is 1050. The number of anilines is 2. The number of nitrogens with zero attached hydrogens (tertiary/aromatic N) is 1. The molecular weight excluding hydrogens is 366 g/mol. The second-order valence-corrected chi connectivity index (χ2v) is 6.26. The van der Waals surface area contributed by atoms with E-state index in [0.717, 1.165) is 11.5 Å². The van der Waals surface area contributed by atoms with Crippen LogP contribution in [0.5, 0.6) is 11.5 Å². The van der Waals surface area contributed by atoms with Crippen molar-refractivity contribution < 1.29 is 13.9 Å². The molecule has 0 saturated carbocycles.